The van der Waals surface area contributed by atoms with Crippen LogP contribution < -0.4 is 5.32 Å². The van der Waals surface area contributed by atoms with E-state index in [-0.39, 0.29) is 24.5 Å². The second-order valence-electron chi connectivity index (χ2n) is 7.02. The maximum atomic E-state index is 12.4. The summed E-state index contributed by atoms with van der Waals surface area (Å²) in [6.07, 6.45) is 4.05. The molecule has 24 heavy (non-hydrogen) atoms. The lowest BCUT2D eigenvalue weighted by Gasteiger charge is -2.42. The number of nitrogens with one attached hydrogen (secondary N) is 1. The monoisotopic (exact) mass is 350 g/mol. The van der Waals surface area contributed by atoms with Gasteiger partial charge in [0.2, 0.25) is 0 Å². The number of amides is 1. The number of benzene rings is 1. The minimum atomic E-state index is -0.778. The van der Waals surface area contributed by atoms with Crippen LogP contribution in [0, 0.1) is 12.8 Å². The maximum Gasteiger partial charge on any atom is 0.317 e. The Balaban J connectivity index is 1.51. The van der Waals surface area contributed by atoms with Gasteiger partial charge in [-0.25, -0.2) is 0 Å². The summed E-state index contributed by atoms with van der Waals surface area (Å²) in [6, 6.07) is 5.63. The largest absolute Gasteiger partial charge is 0.480 e. The molecule has 2 fully saturated rings. The molecule has 0 saturated heterocycles. The molecule has 0 radical (unpaired) electrons. The van der Waals surface area contributed by atoms with Crippen LogP contribution in [0.5, 0.6) is 0 Å². The third-order valence-electron chi connectivity index (χ3n) is 4.93. The molecule has 0 unspecified atom stereocenters. The molecule has 2 aliphatic carbocycles. The zero-order valence-electron chi connectivity index (χ0n) is 13.8. The Labute approximate surface area is 147 Å². The molecule has 0 atom stereocenters. The van der Waals surface area contributed by atoms with Gasteiger partial charge in [-0.05, 0) is 62.3 Å². The van der Waals surface area contributed by atoms with Crippen LogP contribution in [0.15, 0.2) is 18.2 Å². The Bertz CT molecular complexity index is 639. The fraction of sp³-hybridized carbons (Fsp3) is 0.556. The third kappa shape index (κ3) is 4.28. The lowest BCUT2D eigenvalue weighted by Crippen LogP contribution is -2.55. The molecule has 0 bridgehead atoms. The van der Waals surface area contributed by atoms with Crippen molar-refractivity contribution in [3.05, 3.63) is 34.3 Å². The average Bonchev–Trinajstić information content (AvgIpc) is 3.24. The smallest absolute Gasteiger partial charge is 0.317 e. The number of carbonyl (C=O) groups excluding carboxylic acids is 1. The summed E-state index contributed by atoms with van der Waals surface area (Å²) in [6.45, 7) is 2.83. The molecule has 6 heteroatoms. The topological polar surface area (TPSA) is 69.6 Å². The minimum Gasteiger partial charge on any atom is -0.480 e. The first-order valence-corrected chi connectivity index (χ1v) is 8.83. The van der Waals surface area contributed by atoms with Crippen molar-refractivity contribution in [3.8, 4) is 0 Å². The molecule has 1 amide bonds. The second kappa shape index (κ2) is 7.11. The van der Waals surface area contributed by atoms with Crippen molar-refractivity contribution >= 4 is 23.5 Å². The summed E-state index contributed by atoms with van der Waals surface area (Å²) in [7, 11) is 0. The van der Waals surface area contributed by atoms with E-state index >= 15 is 0 Å². The number of carboxylic acids is 1. The van der Waals surface area contributed by atoms with E-state index in [1.807, 2.05) is 6.92 Å². The molecule has 130 valence electrons. The molecule has 0 spiro atoms. The van der Waals surface area contributed by atoms with Gasteiger partial charge in [0.15, 0.2) is 0 Å². The Hall–Kier alpha value is -1.59. The van der Waals surface area contributed by atoms with Crippen molar-refractivity contribution < 1.29 is 14.7 Å². The van der Waals surface area contributed by atoms with Gasteiger partial charge in [-0.3, -0.25) is 14.5 Å². The molecular formula is C18H23ClN2O3. The fourth-order valence-corrected chi connectivity index (χ4v) is 3.52. The Kier molecular flexibility index (Phi) is 5.11. The molecule has 1 aromatic carbocycles. The highest BCUT2D eigenvalue weighted by Gasteiger charge is 2.37. The van der Waals surface area contributed by atoms with Gasteiger partial charge in [0.05, 0.1) is 6.54 Å². The lowest BCUT2D eigenvalue weighted by atomic mass is 9.85. The van der Waals surface area contributed by atoms with E-state index in [0.717, 1.165) is 24.9 Å². The Morgan fingerprint density at radius 1 is 1.33 bits per heavy atom. The van der Waals surface area contributed by atoms with Crippen LogP contribution in [0.2, 0.25) is 5.02 Å². The lowest BCUT2D eigenvalue weighted by molar-refractivity contribution is -0.139. The SMILES string of the molecule is Cc1cc(Cl)ccc1C(=O)NC1CC(N(CC(=O)O)CC2CC2)C1. The molecule has 5 nitrogen and oxygen atoms in total. The van der Waals surface area contributed by atoms with Crippen molar-refractivity contribution in [2.24, 2.45) is 5.92 Å². The number of hydrogen-bond acceptors (Lipinski definition) is 3. The molecular weight excluding hydrogens is 328 g/mol. The number of hydrogen-bond donors (Lipinski definition) is 2. The van der Waals surface area contributed by atoms with Crippen LogP contribution in [0.4, 0.5) is 0 Å². The van der Waals surface area contributed by atoms with Crippen LogP contribution in [0.25, 0.3) is 0 Å². The summed E-state index contributed by atoms with van der Waals surface area (Å²) >= 11 is 5.92. The third-order valence-corrected chi connectivity index (χ3v) is 5.16. The van der Waals surface area contributed by atoms with Gasteiger partial charge >= 0.3 is 5.97 Å². The predicted octanol–water partition coefficient (Wildman–Crippen LogP) is 2.71. The van der Waals surface area contributed by atoms with E-state index in [4.69, 9.17) is 16.7 Å². The first-order chi connectivity index (χ1) is 11.4. The highest BCUT2D eigenvalue weighted by Crippen LogP contribution is 2.33. The van der Waals surface area contributed by atoms with E-state index in [1.165, 1.54) is 12.8 Å². The molecule has 0 aliphatic heterocycles. The Morgan fingerprint density at radius 2 is 2.04 bits per heavy atom. The van der Waals surface area contributed by atoms with Crippen molar-refractivity contribution in [2.45, 2.75) is 44.7 Å². The fourth-order valence-electron chi connectivity index (χ4n) is 3.30. The number of carbonyl (C=O) groups is 2. The number of nitrogens with zero attached hydrogens (tertiary/aromatic N) is 1. The first kappa shape index (κ1) is 17.2. The highest BCUT2D eigenvalue weighted by atomic mass is 35.5. The van der Waals surface area contributed by atoms with Gasteiger partial charge < -0.3 is 10.4 Å². The zero-order chi connectivity index (χ0) is 17.3. The number of aryl methyl sites for hydroxylation is 1. The van der Waals surface area contributed by atoms with Crippen LogP contribution in [0.3, 0.4) is 0 Å². The maximum absolute atomic E-state index is 12.4. The number of aliphatic carboxylic acids is 1. The van der Waals surface area contributed by atoms with Crippen LogP contribution in [0.1, 0.15) is 41.6 Å². The number of carboxylic acid groups (broad SMARTS) is 1. The summed E-state index contributed by atoms with van der Waals surface area (Å²) in [5.41, 5.74) is 1.50. The van der Waals surface area contributed by atoms with Gasteiger partial charge in [0.25, 0.3) is 5.91 Å². The predicted molar refractivity (Wildman–Crippen MR) is 92.4 cm³/mol. The van der Waals surface area contributed by atoms with Crippen molar-refractivity contribution in [2.75, 3.05) is 13.1 Å². The molecule has 2 aliphatic rings. The number of rotatable bonds is 7. The van der Waals surface area contributed by atoms with Crippen LogP contribution in [-0.2, 0) is 4.79 Å². The van der Waals surface area contributed by atoms with Gasteiger partial charge in [-0.1, -0.05) is 11.6 Å². The molecule has 0 heterocycles. The van der Waals surface area contributed by atoms with Gasteiger partial charge in [-0.2, -0.15) is 0 Å². The summed E-state index contributed by atoms with van der Waals surface area (Å²) in [5.74, 6) is -0.200. The normalized spacial score (nSPS) is 23.0. The van der Waals surface area contributed by atoms with E-state index in [2.05, 4.69) is 10.2 Å². The van der Waals surface area contributed by atoms with Gasteiger partial charge in [0.1, 0.15) is 0 Å². The first-order valence-electron chi connectivity index (χ1n) is 8.45. The molecule has 1 aromatic rings. The quantitative estimate of drug-likeness (QED) is 0.793. The summed E-state index contributed by atoms with van der Waals surface area (Å²) < 4.78 is 0. The Morgan fingerprint density at radius 3 is 2.62 bits per heavy atom. The summed E-state index contributed by atoms with van der Waals surface area (Å²) in [4.78, 5) is 25.5. The van der Waals surface area contributed by atoms with Crippen molar-refractivity contribution in [1.82, 2.24) is 10.2 Å². The van der Waals surface area contributed by atoms with Crippen molar-refractivity contribution in [3.63, 3.8) is 0 Å². The van der Waals surface area contributed by atoms with Crippen LogP contribution >= 0.6 is 11.6 Å². The average molecular weight is 351 g/mol. The molecule has 3 rings (SSSR count). The van der Waals surface area contributed by atoms with Gasteiger partial charge in [0, 0.05) is 29.2 Å². The van der Waals surface area contributed by atoms with E-state index in [0.29, 0.717) is 16.5 Å². The van der Waals surface area contributed by atoms with E-state index < -0.39 is 5.97 Å². The van der Waals surface area contributed by atoms with Crippen molar-refractivity contribution in [1.29, 1.82) is 0 Å². The molecule has 2 N–H and O–H groups in total. The summed E-state index contributed by atoms with van der Waals surface area (Å²) in [5, 5.41) is 12.7. The highest BCUT2D eigenvalue weighted by molar-refractivity contribution is 6.30. The zero-order valence-corrected chi connectivity index (χ0v) is 14.6. The van der Waals surface area contributed by atoms with E-state index in [9.17, 15) is 9.59 Å². The minimum absolute atomic E-state index is 0.0837. The van der Waals surface area contributed by atoms with Crippen LogP contribution in [-0.4, -0.2) is 47.1 Å². The van der Waals surface area contributed by atoms with E-state index in [1.54, 1.807) is 18.2 Å². The second-order valence-corrected chi connectivity index (χ2v) is 7.46. The standard InChI is InChI=1S/C18H23ClN2O3/c1-11-6-13(19)4-5-16(11)18(24)20-14-7-15(8-14)21(10-17(22)23)9-12-2-3-12/h4-6,12,14-15H,2-3,7-10H2,1H3,(H,20,24)(H,22,23). The molecule has 2 saturated carbocycles. The van der Waals surface area contributed by atoms with Gasteiger partial charge in [-0.15, -0.1) is 0 Å². The molecule has 0 aromatic heterocycles. The number of halogens is 1.